The zero-order valence-electron chi connectivity index (χ0n) is 18.9. The maximum atomic E-state index is 11.9. The monoisotopic (exact) mass is 403 g/mol. The molecule has 1 amide bonds. The Labute approximate surface area is 179 Å². The molecular formula is C26H45NO2. The van der Waals surface area contributed by atoms with Crippen molar-refractivity contribution in [2.45, 2.75) is 116 Å². The summed E-state index contributed by atoms with van der Waals surface area (Å²) in [7, 11) is 0. The molecule has 0 aromatic heterocycles. The van der Waals surface area contributed by atoms with Gasteiger partial charge in [-0.05, 0) is 24.1 Å². The van der Waals surface area contributed by atoms with Crippen molar-refractivity contribution < 1.29 is 9.90 Å². The Kier molecular flexibility index (Phi) is 16.3. The van der Waals surface area contributed by atoms with E-state index in [-0.39, 0.29) is 11.7 Å². The van der Waals surface area contributed by atoms with Crippen molar-refractivity contribution in [2.24, 2.45) is 0 Å². The van der Waals surface area contributed by atoms with Crippen LogP contribution in [-0.4, -0.2) is 17.6 Å². The molecule has 0 heterocycles. The van der Waals surface area contributed by atoms with E-state index in [0.717, 1.165) is 18.5 Å². The summed E-state index contributed by atoms with van der Waals surface area (Å²) in [6, 6.07) is 6.91. The van der Waals surface area contributed by atoms with Gasteiger partial charge in [0.05, 0.1) is 6.42 Å². The van der Waals surface area contributed by atoms with Crippen LogP contribution in [0.25, 0.3) is 0 Å². The Bertz CT molecular complexity index is 515. The highest BCUT2D eigenvalue weighted by Gasteiger charge is 2.03. The number of nitrogens with one attached hydrogen (secondary N) is 1. The van der Waals surface area contributed by atoms with E-state index in [9.17, 15) is 9.90 Å². The van der Waals surface area contributed by atoms with E-state index < -0.39 is 0 Å². The van der Waals surface area contributed by atoms with Crippen molar-refractivity contribution >= 4 is 5.91 Å². The number of phenolic OH excluding ortho intramolecular Hbond substituents is 1. The fraction of sp³-hybridized carbons (Fsp3) is 0.731. The van der Waals surface area contributed by atoms with Crippen molar-refractivity contribution in [3.63, 3.8) is 0 Å². The minimum Gasteiger partial charge on any atom is -0.508 e. The van der Waals surface area contributed by atoms with Crippen LogP contribution >= 0.6 is 0 Å². The first-order chi connectivity index (χ1) is 14.2. The first kappa shape index (κ1) is 25.5. The summed E-state index contributed by atoms with van der Waals surface area (Å²) in [5, 5.41) is 12.4. The summed E-state index contributed by atoms with van der Waals surface area (Å²) in [6.07, 6.45) is 22.1. The molecule has 0 saturated carbocycles. The molecule has 3 heteroatoms. The Morgan fingerprint density at radius 2 is 1.24 bits per heavy atom. The Morgan fingerprint density at radius 3 is 1.72 bits per heavy atom. The van der Waals surface area contributed by atoms with E-state index in [1.54, 1.807) is 18.2 Å². The summed E-state index contributed by atoms with van der Waals surface area (Å²) in [4.78, 5) is 11.9. The van der Waals surface area contributed by atoms with Crippen molar-refractivity contribution in [3.8, 4) is 5.75 Å². The van der Waals surface area contributed by atoms with Gasteiger partial charge >= 0.3 is 0 Å². The van der Waals surface area contributed by atoms with Crippen molar-refractivity contribution in [1.82, 2.24) is 5.32 Å². The second kappa shape index (κ2) is 18.5. The van der Waals surface area contributed by atoms with Gasteiger partial charge in [-0.2, -0.15) is 0 Å². The average molecular weight is 404 g/mol. The second-order valence-corrected chi connectivity index (χ2v) is 8.50. The van der Waals surface area contributed by atoms with Gasteiger partial charge in [-0.25, -0.2) is 0 Å². The van der Waals surface area contributed by atoms with Crippen molar-refractivity contribution in [3.05, 3.63) is 29.8 Å². The molecule has 29 heavy (non-hydrogen) atoms. The number of carbonyl (C=O) groups is 1. The first-order valence-corrected chi connectivity index (χ1v) is 12.3. The fourth-order valence-electron chi connectivity index (χ4n) is 3.82. The van der Waals surface area contributed by atoms with Crippen LogP contribution in [0.2, 0.25) is 0 Å². The Morgan fingerprint density at radius 1 is 0.759 bits per heavy atom. The van der Waals surface area contributed by atoms with Crippen molar-refractivity contribution in [2.75, 3.05) is 6.54 Å². The molecule has 3 nitrogen and oxygen atoms in total. The van der Waals surface area contributed by atoms with Crippen molar-refractivity contribution in [1.29, 1.82) is 0 Å². The molecule has 0 fully saturated rings. The van der Waals surface area contributed by atoms with Gasteiger partial charge in [0, 0.05) is 6.54 Å². The number of carbonyl (C=O) groups excluding carboxylic acids is 1. The van der Waals surface area contributed by atoms with E-state index in [1.807, 2.05) is 6.07 Å². The molecule has 0 aliphatic heterocycles. The number of hydrogen-bond donors (Lipinski definition) is 2. The molecule has 0 aliphatic carbocycles. The van der Waals surface area contributed by atoms with Crippen LogP contribution in [0.5, 0.6) is 5.75 Å². The predicted octanol–water partition coefficient (Wildman–Crippen LogP) is 7.31. The minimum atomic E-state index is 0.0385. The molecular weight excluding hydrogens is 358 g/mol. The van der Waals surface area contributed by atoms with Gasteiger partial charge in [0.25, 0.3) is 0 Å². The van der Waals surface area contributed by atoms with Crippen LogP contribution in [0.3, 0.4) is 0 Å². The number of benzene rings is 1. The van der Waals surface area contributed by atoms with Gasteiger partial charge in [0.2, 0.25) is 5.91 Å². The van der Waals surface area contributed by atoms with Crippen LogP contribution < -0.4 is 5.32 Å². The summed E-state index contributed by atoms with van der Waals surface area (Å²) < 4.78 is 0. The third-order valence-corrected chi connectivity index (χ3v) is 5.63. The lowest BCUT2D eigenvalue weighted by Crippen LogP contribution is -2.26. The molecule has 0 spiro atoms. The molecule has 2 N–H and O–H groups in total. The second-order valence-electron chi connectivity index (χ2n) is 8.50. The van der Waals surface area contributed by atoms with Gasteiger partial charge in [-0.3, -0.25) is 4.79 Å². The van der Waals surface area contributed by atoms with E-state index >= 15 is 0 Å². The zero-order valence-corrected chi connectivity index (χ0v) is 18.9. The maximum absolute atomic E-state index is 11.9. The number of amides is 1. The standard InChI is InChI=1S/C26H45NO2/c1-2-3-4-5-6-7-8-9-10-11-12-13-14-15-16-17-21-27-26(29)23-24-19-18-20-25(28)22-24/h18-20,22,28H,2-17,21,23H2,1H3,(H,27,29). The van der Waals surface area contributed by atoms with Gasteiger partial charge in [-0.15, -0.1) is 0 Å². The van der Waals surface area contributed by atoms with Crippen LogP contribution in [0.1, 0.15) is 115 Å². The van der Waals surface area contributed by atoms with E-state index in [2.05, 4.69) is 12.2 Å². The van der Waals surface area contributed by atoms with E-state index in [1.165, 1.54) is 96.3 Å². The SMILES string of the molecule is CCCCCCCCCCCCCCCCCCNC(=O)Cc1cccc(O)c1. The third-order valence-electron chi connectivity index (χ3n) is 5.63. The quantitative estimate of drug-likeness (QED) is 0.238. The minimum absolute atomic E-state index is 0.0385. The number of aromatic hydroxyl groups is 1. The lowest BCUT2D eigenvalue weighted by molar-refractivity contribution is -0.120. The van der Waals surface area contributed by atoms with E-state index in [0.29, 0.717) is 6.42 Å². The highest BCUT2D eigenvalue weighted by atomic mass is 16.3. The van der Waals surface area contributed by atoms with Crippen LogP contribution in [0.4, 0.5) is 0 Å². The summed E-state index contributed by atoms with van der Waals surface area (Å²) in [5.74, 6) is 0.254. The van der Waals surface area contributed by atoms with Crippen LogP contribution in [0, 0.1) is 0 Å². The predicted molar refractivity (Wildman–Crippen MR) is 124 cm³/mol. The highest BCUT2D eigenvalue weighted by molar-refractivity contribution is 5.78. The molecule has 0 radical (unpaired) electrons. The highest BCUT2D eigenvalue weighted by Crippen LogP contribution is 2.14. The van der Waals surface area contributed by atoms with Gasteiger partial charge in [0.15, 0.2) is 0 Å². The Hall–Kier alpha value is -1.51. The molecule has 0 saturated heterocycles. The number of unbranched alkanes of at least 4 members (excludes halogenated alkanes) is 15. The van der Waals surface area contributed by atoms with Crippen LogP contribution in [-0.2, 0) is 11.2 Å². The normalized spacial score (nSPS) is 10.9. The zero-order chi connectivity index (χ0) is 21.0. The van der Waals surface area contributed by atoms with Crippen LogP contribution in [0.15, 0.2) is 24.3 Å². The Balaban J connectivity index is 1.78. The molecule has 0 bridgehead atoms. The van der Waals surface area contributed by atoms with E-state index in [4.69, 9.17) is 0 Å². The fourth-order valence-corrected chi connectivity index (χ4v) is 3.82. The number of rotatable bonds is 19. The van der Waals surface area contributed by atoms with Gasteiger partial charge in [0.1, 0.15) is 5.75 Å². The topological polar surface area (TPSA) is 49.3 Å². The summed E-state index contributed by atoms with van der Waals surface area (Å²) >= 11 is 0. The lowest BCUT2D eigenvalue weighted by Gasteiger charge is -2.06. The van der Waals surface area contributed by atoms with Gasteiger partial charge < -0.3 is 10.4 Å². The third kappa shape index (κ3) is 16.0. The molecule has 1 aromatic rings. The smallest absolute Gasteiger partial charge is 0.224 e. The summed E-state index contributed by atoms with van der Waals surface area (Å²) in [6.45, 7) is 3.04. The molecule has 0 aliphatic rings. The average Bonchev–Trinajstić information content (AvgIpc) is 2.70. The molecule has 1 aromatic carbocycles. The lowest BCUT2D eigenvalue weighted by atomic mass is 10.0. The maximum Gasteiger partial charge on any atom is 0.224 e. The number of hydrogen-bond acceptors (Lipinski definition) is 2. The molecule has 1 rings (SSSR count). The number of phenols is 1. The van der Waals surface area contributed by atoms with Gasteiger partial charge in [-0.1, -0.05) is 115 Å². The molecule has 0 atom stereocenters. The molecule has 0 unspecified atom stereocenters. The summed E-state index contributed by atoms with van der Waals surface area (Å²) in [5.41, 5.74) is 0.856. The first-order valence-electron chi connectivity index (χ1n) is 12.3. The molecule has 166 valence electrons. The largest absolute Gasteiger partial charge is 0.508 e.